The first-order chi connectivity index (χ1) is 7.04. The third-order valence-electron chi connectivity index (χ3n) is 2.47. The lowest BCUT2D eigenvalue weighted by atomic mass is 9.88. The molecule has 0 saturated heterocycles. The molecule has 0 saturated carbocycles. The molecule has 1 aliphatic rings. The van der Waals surface area contributed by atoms with E-state index in [1.807, 2.05) is 6.92 Å². The second-order valence-electron chi connectivity index (χ2n) is 3.67. The Morgan fingerprint density at radius 2 is 2.20 bits per heavy atom. The number of hydrogen-bond donors (Lipinski definition) is 2. The summed E-state index contributed by atoms with van der Waals surface area (Å²) in [6.07, 6.45) is 2.15. The third kappa shape index (κ3) is 2.97. The van der Waals surface area contributed by atoms with Crippen molar-refractivity contribution in [1.82, 2.24) is 5.32 Å². The molecule has 0 aromatic rings. The molecule has 0 aromatic carbocycles. The maximum Gasteiger partial charge on any atom is 0.405 e. The van der Waals surface area contributed by atoms with Crippen molar-refractivity contribution in [2.45, 2.75) is 25.8 Å². The topological polar surface area (TPSA) is 75.6 Å². The molecule has 0 radical (unpaired) electrons. The van der Waals surface area contributed by atoms with E-state index < -0.39 is 18.1 Å². The predicted octanol–water partition coefficient (Wildman–Crippen LogP) is 1.15. The van der Waals surface area contributed by atoms with Gasteiger partial charge in [-0.05, 0) is 18.8 Å². The molecule has 0 heterocycles. The fraction of sp³-hybridized carbons (Fsp3) is 0.600. The lowest BCUT2D eigenvalue weighted by Crippen LogP contribution is -2.40. The van der Waals surface area contributed by atoms with Crippen LogP contribution in [0.15, 0.2) is 11.6 Å². The number of allylic oxidation sites excluding steroid dienone is 1. The minimum absolute atomic E-state index is 0.283. The molecule has 0 bridgehead atoms. The summed E-state index contributed by atoms with van der Waals surface area (Å²) in [7, 11) is 1.29. The van der Waals surface area contributed by atoms with Crippen molar-refractivity contribution in [2.24, 2.45) is 5.92 Å². The zero-order chi connectivity index (χ0) is 11.4. The normalized spacial score (nSPS) is 25.3. The third-order valence-corrected chi connectivity index (χ3v) is 2.47. The van der Waals surface area contributed by atoms with Crippen LogP contribution >= 0.6 is 0 Å². The SMILES string of the molecule is COC(=O)C1=CC(C)CCC1NC(=O)O. The van der Waals surface area contributed by atoms with E-state index in [0.29, 0.717) is 12.0 Å². The summed E-state index contributed by atoms with van der Waals surface area (Å²) in [5.41, 5.74) is 0.415. The smallest absolute Gasteiger partial charge is 0.405 e. The van der Waals surface area contributed by atoms with E-state index in [1.54, 1.807) is 6.08 Å². The highest BCUT2D eigenvalue weighted by Crippen LogP contribution is 2.23. The summed E-state index contributed by atoms with van der Waals surface area (Å²) in [6, 6.07) is -0.439. The number of carbonyl (C=O) groups is 2. The van der Waals surface area contributed by atoms with Crippen molar-refractivity contribution >= 4 is 12.1 Å². The average Bonchev–Trinajstić information content (AvgIpc) is 2.19. The lowest BCUT2D eigenvalue weighted by Gasteiger charge is -2.25. The number of hydrogen-bond acceptors (Lipinski definition) is 3. The van der Waals surface area contributed by atoms with E-state index in [1.165, 1.54) is 7.11 Å². The molecular weight excluding hydrogens is 198 g/mol. The first kappa shape index (κ1) is 11.6. The molecular formula is C10H15NO4. The van der Waals surface area contributed by atoms with Gasteiger partial charge in [0.2, 0.25) is 0 Å². The van der Waals surface area contributed by atoms with Crippen LogP contribution in [-0.2, 0) is 9.53 Å². The van der Waals surface area contributed by atoms with Gasteiger partial charge in [0, 0.05) is 0 Å². The minimum atomic E-state index is -1.12. The van der Waals surface area contributed by atoms with Crippen LogP contribution in [0, 0.1) is 5.92 Å². The second kappa shape index (κ2) is 4.82. The molecule has 2 unspecified atom stereocenters. The average molecular weight is 213 g/mol. The van der Waals surface area contributed by atoms with Crippen molar-refractivity contribution in [3.8, 4) is 0 Å². The van der Waals surface area contributed by atoms with Crippen LogP contribution in [0.2, 0.25) is 0 Å². The largest absolute Gasteiger partial charge is 0.466 e. The fourth-order valence-corrected chi connectivity index (χ4v) is 1.72. The van der Waals surface area contributed by atoms with Crippen LogP contribution < -0.4 is 5.32 Å². The van der Waals surface area contributed by atoms with Gasteiger partial charge < -0.3 is 15.2 Å². The van der Waals surface area contributed by atoms with Gasteiger partial charge in [0.25, 0.3) is 0 Å². The molecule has 15 heavy (non-hydrogen) atoms. The number of carboxylic acid groups (broad SMARTS) is 1. The van der Waals surface area contributed by atoms with Crippen molar-refractivity contribution in [3.05, 3.63) is 11.6 Å². The van der Waals surface area contributed by atoms with Gasteiger partial charge in [-0.25, -0.2) is 9.59 Å². The molecule has 5 heteroatoms. The van der Waals surface area contributed by atoms with Crippen molar-refractivity contribution in [2.75, 3.05) is 7.11 Å². The van der Waals surface area contributed by atoms with Gasteiger partial charge in [0.15, 0.2) is 0 Å². The molecule has 1 rings (SSSR count). The van der Waals surface area contributed by atoms with Crippen LogP contribution in [-0.4, -0.2) is 30.3 Å². The van der Waals surface area contributed by atoms with E-state index in [4.69, 9.17) is 5.11 Å². The summed E-state index contributed by atoms with van der Waals surface area (Å²) in [5, 5.41) is 10.9. The zero-order valence-corrected chi connectivity index (χ0v) is 8.82. The van der Waals surface area contributed by atoms with Gasteiger partial charge in [0.1, 0.15) is 0 Å². The molecule has 0 fully saturated rings. The van der Waals surface area contributed by atoms with Crippen LogP contribution in [0.5, 0.6) is 0 Å². The molecule has 1 amide bonds. The highest BCUT2D eigenvalue weighted by atomic mass is 16.5. The summed E-state index contributed by atoms with van der Waals surface area (Å²) in [4.78, 5) is 21.9. The van der Waals surface area contributed by atoms with Gasteiger partial charge in [0.05, 0.1) is 18.7 Å². The van der Waals surface area contributed by atoms with Crippen molar-refractivity contribution < 1.29 is 19.4 Å². The zero-order valence-electron chi connectivity index (χ0n) is 8.82. The Labute approximate surface area is 88.1 Å². The summed E-state index contributed by atoms with van der Waals surface area (Å²) in [6.45, 7) is 1.99. The monoisotopic (exact) mass is 213 g/mol. The highest BCUT2D eigenvalue weighted by molar-refractivity contribution is 5.90. The Morgan fingerprint density at radius 1 is 1.53 bits per heavy atom. The summed E-state index contributed by atoms with van der Waals surface area (Å²) >= 11 is 0. The van der Waals surface area contributed by atoms with Gasteiger partial charge in [-0.15, -0.1) is 0 Å². The Morgan fingerprint density at radius 3 is 2.73 bits per heavy atom. The van der Waals surface area contributed by atoms with Gasteiger partial charge in [-0.1, -0.05) is 13.0 Å². The van der Waals surface area contributed by atoms with Crippen LogP contribution in [0.25, 0.3) is 0 Å². The van der Waals surface area contributed by atoms with E-state index in [2.05, 4.69) is 10.1 Å². The maximum absolute atomic E-state index is 11.4. The number of carbonyl (C=O) groups excluding carboxylic acids is 1. The highest BCUT2D eigenvalue weighted by Gasteiger charge is 2.27. The standard InChI is InChI=1S/C10H15NO4/c1-6-3-4-8(11-10(13)14)7(5-6)9(12)15-2/h5-6,8,11H,3-4H2,1-2H3,(H,13,14). The lowest BCUT2D eigenvalue weighted by molar-refractivity contribution is -0.136. The number of rotatable bonds is 2. The van der Waals surface area contributed by atoms with E-state index in [0.717, 1.165) is 6.42 Å². The van der Waals surface area contributed by atoms with Gasteiger partial charge in [-0.2, -0.15) is 0 Å². The number of ether oxygens (including phenoxy) is 1. The molecule has 0 spiro atoms. The maximum atomic E-state index is 11.4. The van der Waals surface area contributed by atoms with Crippen LogP contribution in [0.3, 0.4) is 0 Å². The molecule has 1 aliphatic carbocycles. The van der Waals surface area contributed by atoms with E-state index >= 15 is 0 Å². The molecule has 0 aromatic heterocycles. The molecule has 5 nitrogen and oxygen atoms in total. The fourth-order valence-electron chi connectivity index (χ4n) is 1.72. The Bertz CT molecular complexity index is 298. The molecule has 0 aliphatic heterocycles. The first-order valence-electron chi connectivity index (χ1n) is 4.84. The van der Waals surface area contributed by atoms with E-state index in [-0.39, 0.29) is 5.92 Å². The Kier molecular flexibility index (Phi) is 3.71. The van der Waals surface area contributed by atoms with E-state index in [9.17, 15) is 9.59 Å². The number of methoxy groups -OCH3 is 1. The number of amides is 1. The van der Waals surface area contributed by atoms with Crippen LogP contribution in [0.1, 0.15) is 19.8 Å². The minimum Gasteiger partial charge on any atom is -0.466 e. The quantitative estimate of drug-likeness (QED) is 0.675. The number of esters is 1. The van der Waals surface area contributed by atoms with Crippen LogP contribution in [0.4, 0.5) is 4.79 Å². The Balaban J connectivity index is 2.82. The molecule has 2 atom stereocenters. The second-order valence-corrected chi connectivity index (χ2v) is 3.67. The van der Waals surface area contributed by atoms with Crippen molar-refractivity contribution in [1.29, 1.82) is 0 Å². The molecule has 2 N–H and O–H groups in total. The van der Waals surface area contributed by atoms with Crippen molar-refractivity contribution in [3.63, 3.8) is 0 Å². The predicted molar refractivity (Wildman–Crippen MR) is 53.4 cm³/mol. The van der Waals surface area contributed by atoms with Gasteiger partial charge in [-0.3, -0.25) is 0 Å². The summed E-state index contributed by atoms with van der Waals surface area (Å²) in [5.74, 6) is -0.175. The number of nitrogens with one attached hydrogen (secondary N) is 1. The molecule has 84 valence electrons. The Hall–Kier alpha value is -1.52. The van der Waals surface area contributed by atoms with Gasteiger partial charge >= 0.3 is 12.1 Å². The summed E-state index contributed by atoms with van der Waals surface area (Å²) < 4.78 is 4.61. The first-order valence-corrected chi connectivity index (χ1v) is 4.84.